The van der Waals surface area contributed by atoms with Crippen LogP contribution in [0.1, 0.15) is 99.3 Å². The smallest absolute Gasteiger partial charge is 0.0868 e. The molecule has 4 aliphatic carbocycles. The van der Waals surface area contributed by atoms with Crippen LogP contribution in [0, 0.1) is 58.2 Å². The molecule has 5 aliphatic rings. The first-order chi connectivity index (χ1) is 16.0. The van der Waals surface area contributed by atoms with E-state index in [-0.39, 0.29) is 35.1 Å². The summed E-state index contributed by atoms with van der Waals surface area (Å²) >= 11 is 0. The van der Waals surface area contributed by atoms with E-state index >= 15 is 0 Å². The molecule has 0 aromatic rings. The number of hydrogen-bond acceptors (Lipinski definition) is 4. The Morgan fingerprint density at radius 1 is 1.00 bits per heavy atom. The zero-order valence-electron chi connectivity index (χ0n) is 22.7. The zero-order valence-corrected chi connectivity index (χ0v) is 22.7. The lowest BCUT2D eigenvalue weighted by Gasteiger charge is -2.52. The largest absolute Gasteiger partial charge is 0.393 e. The number of aliphatic hydroxyl groups is 3. The molecular formula is C30H52O4. The molecule has 3 N–H and O–H groups in total. The van der Waals surface area contributed by atoms with Crippen molar-refractivity contribution in [3.05, 3.63) is 0 Å². The van der Waals surface area contributed by atoms with Gasteiger partial charge in [0.15, 0.2) is 0 Å². The van der Waals surface area contributed by atoms with Gasteiger partial charge in [0.1, 0.15) is 0 Å². The van der Waals surface area contributed by atoms with E-state index in [0.717, 1.165) is 32.3 Å². The van der Waals surface area contributed by atoms with Gasteiger partial charge < -0.3 is 20.1 Å². The highest BCUT2D eigenvalue weighted by Gasteiger charge is 2.74. The van der Waals surface area contributed by atoms with Crippen LogP contribution in [0.3, 0.4) is 0 Å². The van der Waals surface area contributed by atoms with Crippen LogP contribution < -0.4 is 0 Å². The second kappa shape index (κ2) is 8.71. The standard InChI is InChI=1S/C30H52O4/c1-7-19(17(2)3)14-24(32)18(4)21-8-9-22-26-23(11-12-28(21,22)5)29(6)13-10-20(31)15-30(29,33)27(26)25-16-34-25/h17-27,31-33H,7-16H2,1-6H3/t18-,19+,20-,21+,22-,23-,24+,25-,26-,27+,28+,29+,30+/m0/s1. The molecule has 4 saturated carbocycles. The molecule has 5 fully saturated rings. The molecule has 0 amide bonds. The highest BCUT2D eigenvalue weighted by molar-refractivity contribution is 5.23. The molecule has 0 aromatic carbocycles. The van der Waals surface area contributed by atoms with Crippen molar-refractivity contribution in [2.75, 3.05) is 6.61 Å². The van der Waals surface area contributed by atoms with Gasteiger partial charge >= 0.3 is 0 Å². The molecule has 13 atom stereocenters. The fourth-order valence-corrected chi connectivity index (χ4v) is 10.6. The number of aliphatic hydroxyl groups excluding tert-OH is 2. The molecule has 0 unspecified atom stereocenters. The first-order valence-electron chi connectivity index (χ1n) is 14.7. The Hall–Kier alpha value is -0.160. The van der Waals surface area contributed by atoms with Gasteiger partial charge in [0.2, 0.25) is 0 Å². The second-order valence-electron chi connectivity index (χ2n) is 14.2. The maximum absolute atomic E-state index is 12.3. The molecule has 196 valence electrons. The molecule has 0 bridgehead atoms. The van der Waals surface area contributed by atoms with E-state index in [1.807, 2.05) is 0 Å². The molecule has 1 saturated heterocycles. The van der Waals surface area contributed by atoms with Gasteiger partial charge in [-0.15, -0.1) is 0 Å². The Kier molecular flexibility index (Phi) is 6.53. The van der Waals surface area contributed by atoms with Crippen LogP contribution in [0.2, 0.25) is 0 Å². The molecule has 1 aliphatic heterocycles. The summed E-state index contributed by atoms with van der Waals surface area (Å²) < 4.78 is 5.93. The summed E-state index contributed by atoms with van der Waals surface area (Å²) in [7, 11) is 0. The number of epoxide rings is 1. The second-order valence-corrected chi connectivity index (χ2v) is 14.2. The summed E-state index contributed by atoms with van der Waals surface area (Å²) in [6, 6.07) is 0. The molecule has 4 nitrogen and oxygen atoms in total. The van der Waals surface area contributed by atoms with Crippen LogP contribution in [0.15, 0.2) is 0 Å². The summed E-state index contributed by atoms with van der Waals surface area (Å²) in [6.45, 7) is 14.8. The third-order valence-corrected chi connectivity index (χ3v) is 12.7. The van der Waals surface area contributed by atoms with Crippen molar-refractivity contribution in [1.29, 1.82) is 0 Å². The topological polar surface area (TPSA) is 73.2 Å². The van der Waals surface area contributed by atoms with E-state index in [2.05, 4.69) is 41.5 Å². The number of rotatable bonds is 7. The van der Waals surface area contributed by atoms with E-state index in [4.69, 9.17) is 4.74 Å². The van der Waals surface area contributed by atoms with Crippen LogP contribution >= 0.6 is 0 Å². The fraction of sp³-hybridized carbons (Fsp3) is 1.00. The normalized spacial score (nSPS) is 52.6. The molecule has 1 heterocycles. The average molecular weight is 477 g/mol. The van der Waals surface area contributed by atoms with Gasteiger partial charge in [-0.1, -0.05) is 48.0 Å². The monoisotopic (exact) mass is 476 g/mol. The molecule has 0 radical (unpaired) electrons. The highest BCUT2D eigenvalue weighted by Crippen LogP contribution is 2.74. The van der Waals surface area contributed by atoms with Crippen molar-refractivity contribution in [2.45, 2.75) is 123 Å². The van der Waals surface area contributed by atoms with E-state index in [9.17, 15) is 15.3 Å². The van der Waals surface area contributed by atoms with Gasteiger partial charge in [-0.05, 0) is 97.2 Å². The summed E-state index contributed by atoms with van der Waals surface area (Å²) in [6.07, 6.45) is 8.73. The van der Waals surface area contributed by atoms with Gasteiger partial charge in [0, 0.05) is 12.3 Å². The van der Waals surface area contributed by atoms with Crippen molar-refractivity contribution in [3.63, 3.8) is 0 Å². The van der Waals surface area contributed by atoms with E-state index in [1.54, 1.807) is 0 Å². The van der Waals surface area contributed by atoms with Crippen molar-refractivity contribution in [1.82, 2.24) is 0 Å². The zero-order chi connectivity index (χ0) is 24.6. The first kappa shape index (κ1) is 25.5. The van der Waals surface area contributed by atoms with Crippen LogP contribution in [-0.4, -0.2) is 45.8 Å². The third kappa shape index (κ3) is 3.59. The highest BCUT2D eigenvalue weighted by atomic mass is 16.6. The lowest BCUT2D eigenvalue weighted by atomic mass is 9.53. The number of ether oxygens (including phenoxy) is 1. The van der Waals surface area contributed by atoms with Gasteiger partial charge in [0.05, 0.1) is 30.5 Å². The lowest BCUT2D eigenvalue weighted by molar-refractivity contribution is -0.155. The predicted octanol–water partition coefficient (Wildman–Crippen LogP) is 5.43. The minimum atomic E-state index is -0.804. The Balaban J connectivity index is 1.42. The van der Waals surface area contributed by atoms with E-state index < -0.39 is 5.60 Å². The van der Waals surface area contributed by atoms with Crippen LogP contribution in [0.25, 0.3) is 0 Å². The SMILES string of the molecule is CC[C@H](C[C@@H](O)[C@@H](C)[C@H]1CC[C@H]2[C@@H]3[C@@H]([C@@H]4CO4)[C@]4(O)C[C@@H](O)CC[C@]4(C)[C@H]3CC[C@]12C)C(C)C. The van der Waals surface area contributed by atoms with Crippen molar-refractivity contribution < 1.29 is 20.1 Å². The third-order valence-electron chi connectivity index (χ3n) is 12.7. The number of hydrogen-bond donors (Lipinski definition) is 3. The molecule has 0 aromatic heterocycles. The Morgan fingerprint density at radius 3 is 2.32 bits per heavy atom. The molecule has 34 heavy (non-hydrogen) atoms. The van der Waals surface area contributed by atoms with Crippen LogP contribution in [0.4, 0.5) is 0 Å². The van der Waals surface area contributed by atoms with Gasteiger partial charge in [-0.3, -0.25) is 0 Å². The summed E-state index contributed by atoms with van der Waals surface area (Å²) in [5.74, 6) is 3.85. The van der Waals surface area contributed by atoms with Crippen molar-refractivity contribution >= 4 is 0 Å². The summed E-state index contributed by atoms with van der Waals surface area (Å²) in [4.78, 5) is 0. The minimum Gasteiger partial charge on any atom is -0.393 e. The number of fused-ring (bicyclic) bond motifs is 5. The summed E-state index contributed by atoms with van der Waals surface area (Å²) in [5.41, 5.74) is -0.683. The lowest BCUT2D eigenvalue weighted by Crippen LogP contribution is -2.55. The van der Waals surface area contributed by atoms with E-state index in [1.165, 1.54) is 25.7 Å². The van der Waals surface area contributed by atoms with E-state index in [0.29, 0.717) is 47.8 Å². The molecule has 0 spiro atoms. The molecule has 5 rings (SSSR count). The quantitative estimate of drug-likeness (QED) is 0.429. The maximum Gasteiger partial charge on any atom is 0.0868 e. The fourth-order valence-electron chi connectivity index (χ4n) is 10.6. The van der Waals surface area contributed by atoms with Crippen molar-refractivity contribution in [2.24, 2.45) is 58.2 Å². The van der Waals surface area contributed by atoms with Crippen LogP contribution in [-0.2, 0) is 4.74 Å². The molecule has 4 heteroatoms. The average Bonchev–Trinajstić information content (AvgIpc) is 3.50. The maximum atomic E-state index is 12.3. The van der Waals surface area contributed by atoms with Gasteiger partial charge in [-0.2, -0.15) is 0 Å². The van der Waals surface area contributed by atoms with Gasteiger partial charge in [0.25, 0.3) is 0 Å². The minimum absolute atomic E-state index is 0.107. The Morgan fingerprint density at radius 2 is 1.71 bits per heavy atom. The van der Waals surface area contributed by atoms with Crippen LogP contribution in [0.5, 0.6) is 0 Å². The predicted molar refractivity (Wildman–Crippen MR) is 135 cm³/mol. The van der Waals surface area contributed by atoms with Crippen molar-refractivity contribution in [3.8, 4) is 0 Å². The Labute approximate surface area is 208 Å². The molecular weight excluding hydrogens is 424 g/mol. The summed E-state index contributed by atoms with van der Waals surface area (Å²) in [5, 5.41) is 34.3. The Bertz CT molecular complexity index is 750. The first-order valence-corrected chi connectivity index (χ1v) is 14.7. The van der Waals surface area contributed by atoms with Gasteiger partial charge in [-0.25, -0.2) is 0 Å².